The Kier molecular flexibility index (Phi) is 6.78. The summed E-state index contributed by atoms with van der Waals surface area (Å²) in [6, 6.07) is 0. The number of rotatable bonds is 8. The molecule has 1 saturated heterocycles. The number of nitrogens with one attached hydrogen (secondary N) is 1. The summed E-state index contributed by atoms with van der Waals surface area (Å²) >= 11 is 0. The minimum Gasteiger partial charge on any atom is -0.425 e. The lowest BCUT2D eigenvalue weighted by atomic mass is 10.1. The highest BCUT2D eigenvalue weighted by Crippen LogP contribution is 2.66. The number of aliphatic hydroxyl groups excluding tert-OH is 2. The van der Waals surface area contributed by atoms with Crippen molar-refractivity contribution >= 4 is 34.6 Å². The van der Waals surface area contributed by atoms with E-state index in [-0.39, 0.29) is 11.2 Å². The molecule has 19 nitrogen and oxygen atoms in total. The predicted molar refractivity (Wildman–Crippen MR) is 94.3 cm³/mol. The zero-order valence-electron chi connectivity index (χ0n) is 15.3. The van der Waals surface area contributed by atoms with Crippen LogP contribution < -0.4 is 5.49 Å². The van der Waals surface area contributed by atoms with Crippen LogP contribution in [0.4, 0.5) is 0 Å². The second-order valence-corrected chi connectivity index (χ2v) is 10.6. The Labute approximate surface area is 176 Å². The van der Waals surface area contributed by atoms with Gasteiger partial charge in [-0.05, 0) is 0 Å². The summed E-state index contributed by atoms with van der Waals surface area (Å²) in [5.74, 6) is 0. The van der Waals surface area contributed by atoms with E-state index in [1.54, 1.807) is 0 Å². The normalized spacial score (nSPS) is 27.9. The summed E-state index contributed by atoms with van der Waals surface area (Å²) in [6.07, 6.45) is -4.34. The van der Waals surface area contributed by atoms with E-state index in [1.807, 2.05) is 0 Å². The quantitative estimate of drug-likeness (QED) is 0.136. The molecule has 0 bridgehead atoms. The van der Waals surface area contributed by atoms with Crippen LogP contribution in [0.5, 0.6) is 0 Å². The average molecular weight is 523 g/mol. The Balaban J connectivity index is 1.72. The molecule has 3 rings (SSSR count). The fourth-order valence-electron chi connectivity index (χ4n) is 2.68. The first kappa shape index (κ1) is 25.1. The molecule has 22 heteroatoms. The molecule has 0 spiro atoms. The van der Waals surface area contributed by atoms with E-state index in [0.717, 1.165) is 17.2 Å². The molecular formula is C10H16N5O14P3. The van der Waals surface area contributed by atoms with Gasteiger partial charge in [0, 0.05) is 0 Å². The minimum absolute atomic E-state index is 0.0231. The number of nitrogens with zero attached hydrogens (tertiary/aromatic N) is 4. The number of hydrogen-bond donors (Lipinski definition) is 8. The molecule has 1 aliphatic heterocycles. The summed E-state index contributed by atoms with van der Waals surface area (Å²) in [4.78, 5) is 43.3. The van der Waals surface area contributed by atoms with Crippen molar-refractivity contribution in [3.8, 4) is 0 Å². The fraction of sp³-hybridized carbons (Fsp3) is 0.500. The van der Waals surface area contributed by atoms with Crippen LogP contribution in [0.1, 0.15) is 6.23 Å². The Bertz CT molecular complexity index is 1210. The molecule has 32 heavy (non-hydrogen) atoms. The molecule has 8 N–H and O–H groups in total. The number of imidazole rings is 1. The van der Waals surface area contributed by atoms with Crippen molar-refractivity contribution < 1.29 is 66.6 Å². The first-order valence-electron chi connectivity index (χ1n) is 8.08. The second kappa shape index (κ2) is 8.66. The lowest BCUT2D eigenvalue weighted by molar-refractivity contribution is -0.0503. The van der Waals surface area contributed by atoms with Gasteiger partial charge >= 0.3 is 23.5 Å². The zero-order chi connectivity index (χ0) is 24.1. The van der Waals surface area contributed by atoms with Crippen molar-refractivity contribution in [1.29, 1.82) is 5.41 Å². The van der Waals surface area contributed by atoms with Crippen LogP contribution in [0, 0.1) is 5.41 Å². The van der Waals surface area contributed by atoms with E-state index in [0.29, 0.717) is 4.73 Å². The lowest BCUT2D eigenvalue weighted by Crippen LogP contribution is -2.33. The van der Waals surface area contributed by atoms with E-state index in [9.17, 15) is 34.0 Å². The van der Waals surface area contributed by atoms with E-state index in [2.05, 4.69) is 23.1 Å². The molecule has 3 heterocycles. The maximum Gasteiger partial charge on any atom is 0.490 e. The second-order valence-electron chi connectivity index (χ2n) is 6.19. The van der Waals surface area contributed by atoms with Gasteiger partial charge in [0.15, 0.2) is 22.9 Å². The summed E-state index contributed by atoms with van der Waals surface area (Å²) in [5.41, 5.74) is -0.548. The van der Waals surface area contributed by atoms with Gasteiger partial charge in [-0.2, -0.15) is 13.4 Å². The molecule has 1 aliphatic rings. The van der Waals surface area contributed by atoms with Crippen molar-refractivity contribution in [2.24, 2.45) is 0 Å². The van der Waals surface area contributed by atoms with Gasteiger partial charge in [-0.25, -0.2) is 23.7 Å². The maximum atomic E-state index is 11.8. The number of phosphoric ester groups is 1. The third kappa shape index (κ3) is 5.49. The van der Waals surface area contributed by atoms with Crippen molar-refractivity contribution in [2.75, 3.05) is 6.61 Å². The van der Waals surface area contributed by atoms with Gasteiger partial charge in [0.05, 0.1) is 12.9 Å². The number of ether oxygens (including phenoxy) is 1. The SMILES string of the molecule is N=c1c2ncn([C@@H]3O[C@H](COP(=O)(O)OP(=O)(O)OP(=O)(O)O)C(O)C3O)c2ncn1O. The highest BCUT2D eigenvalue weighted by molar-refractivity contribution is 7.66. The molecule has 0 aliphatic carbocycles. The summed E-state index contributed by atoms with van der Waals surface area (Å²) in [5, 5.41) is 37.6. The predicted octanol–water partition coefficient (Wildman–Crippen LogP) is -2.09. The molecule has 2 aromatic heterocycles. The van der Waals surface area contributed by atoms with Crippen molar-refractivity contribution in [1.82, 2.24) is 19.3 Å². The number of aliphatic hydroxyl groups is 2. The van der Waals surface area contributed by atoms with Gasteiger partial charge in [0.2, 0.25) is 0 Å². The molecule has 6 atom stereocenters. The van der Waals surface area contributed by atoms with Gasteiger partial charge in [-0.1, -0.05) is 0 Å². The van der Waals surface area contributed by atoms with Crippen LogP contribution in [0.25, 0.3) is 11.2 Å². The van der Waals surface area contributed by atoms with Crippen molar-refractivity contribution in [2.45, 2.75) is 24.5 Å². The van der Waals surface area contributed by atoms with E-state index in [4.69, 9.17) is 24.8 Å². The van der Waals surface area contributed by atoms with Crippen molar-refractivity contribution in [3.05, 3.63) is 18.1 Å². The van der Waals surface area contributed by atoms with Gasteiger partial charge in [-0.15, -0.1) is 0 Å². The number of phosphoric acid groups is 3. The summed E-state index contributed by atoms with van der Waals surface area (Å²) < 4.78 is 52.1. The molecule has 2 aromatic rings. The Hall–Kier alpha value is -1.56. The van der Waals surface area contributed by atoms with Gasteiger partial charge in [0.1, 0.15) is 24.6 Å². The van der Waals surface area contributed by atoms with Crippen LogP contribution in [-0.2, 0) is 31.6 Å². The van der Waals surface area contributed by atoms with Crippen LogP contribution >= 0.6 is 23.5 Å². The molecular weight excluding hydrogens is 507 g/mol. The van der Waals surface area contributed by atoms with E-state index in [1.165, 1.54) is 0 Å². The largest absolute Gasteiger partial charge is 0.490 e. The molecule has 4 unspecified atom stereocenters. The van der Waals surface area contributed by atoms with Gasteiger partial charge in [0.25, 0.3) is 0 Å². The molecule has 0 aromatic carbocycles. The Morgan fingerprint density at radius 2 is 1.69 bits per heavy atom. The average Bonchev–Trinajstić information content (AvgIpc) is 3.16. The van der Waals surface area contributed by atoms with Crippen LogP contribution in [0.15, 0.2) is 12.7 Å². The van der Waals surface area contributed by atoms with Crippen LogP contribution in [0.2, 0.25) is 0 Å². The third-order valence-corrected chi connectivity index (χ3v) is 7.74. The topological polar surface area (TPSA) is 289 Å². The Morgan fingerprint density at radius 1 is 1.03 bits per heavy atom. The molecule has 1 fully saturated rings. The highest BCUT2D eigenvalue weighted by Gasteiger charge is 2.47. The van der Waals surface area contributed by atoms with Gasteiger partial charge in [-0.3, -0.25) is 14.5 Å². The molecule has 0 radical (unpaired) electrons. The monoisotopic (exact) mass is 523 g/mol. The van der Waals surface area contributed by atoms with E-state index < -0.39 is 60.1 Å². The lowest BCUT2D eigenvalue weighted by Gasteiger charge is -2.19. The van der Waals surface area contributed by atoms with Crippen LogP contribution in [-0.4, -0.2) is 79.2 Å². The molecule has 0 saturated carbocycles. The van der Waals surface area contributed by atoms with E-state index >= 15 is 0 Å². The van der Waals surface area contributed by atoms with Gasteiger partial charge < -0.3 is 39.7 Å². The molecule has 0 amide bonds. The summed E-state index contributed by atoms with van der Waals surface area (Å²) in [6.45, 7) is -1.00. The van der Waals surface area contributed by atoms with Crippen molar-refractivity contribution in [3.63, 3.8) is 0 Å². The smallest absolute Gasteiger partial charge is 0.425 e. The molecule has 180 valence electrons. The summed E-state index contributed by atoms with van der Waals surface area (Å²) in [7, 11) is -16.8. The Morgan fingerprint density at radius 3 is 2.31 bits per heavy atom. The fourth-order valence-corrected chi connectivity index (χ4v) is 5.71. The standard InChI is InChI=1S/C10H16N5O14P3/c11-8-5-9(13-3-15(8)18)14(2-12-5)10-7(17)6(16)4(27-10)1-26-31(22,23)29-32(24,25)28-30(19,20)21/h2-4,6-7,10-11,16-18H,1H2,(H,22,23)(H,24,25)(H2,19,20,21)/t4-,6?,7?,10-/m1/s1. The van der Waals surface area contributed by atoms with Crippen LogP contribution in [0.3, 0.4) is 0 Å². The maximum absolute atomic E-state index is 11.8. The highest BCUT2D eigenvalue weighted by atomic mass is 31.3. The first-order chi connectivity index (χ1) is 14.6. The third-order valence-electron chi connectivity index (χ3n) is 3.94. The number of fused-ring (bicyclic) bond motifs is 1. The first-order valence-corrected chi connectivity index (χ1v) is 12.6. The number of aromatic nitrogens is 4. The minimum atomic E-state index is -5.73. The number of hydrogen-bond acceptors (Lipinski definition) is 13. The zero-order valence-corrected chi connectivity index (χ0v) is 18.0.